The minimum absolute atomic E-state index is 0.160. The first-order chi connectivity index (χ1) is 15.0. The van der Waals surface area contributed by atoms with Crippen molar-refractivity contribution in [2.24, 2.45) is 5.92 Å². The molecule has 0 aliphatic carbocycles. The molecule has 1 aliphatic heterocycles. The summed E-state index contributed by atoms with van der Waals surface area (Å²) in [5.74, 6) is -0.603. The van der Waals surface area contributed by atoms with Crippen LogP contribution in [0.5, 0.6) is 0 Å². The first kappa shape index (κ1) is 21.0. The van der Waals surface area contributed by atoms with Crippen LogP contribution in [0.4, 0.5) is 5.69 Å². The van der Waals surface area contributed by atoms with Crippen LogP contribution in [0.2, 0.25) is 0 Å². The second-order valence-corrected chi connectivity index (χ2v) is 9.67. The number of carbonyl (C=O) groups excluding carboxylic acids is 1. The van der Waals surface area contributed by atoms with Crippen molar-refractivity contribution in [2.45, 2.75) is 24.2 Å². The molecule has 7 heteroatoms. The van der Waals surface area contributed by atoms with Gasteiger partial charge in [-0.1, -0.05) is 42.5 Å². The number of sulfonamides is 1. The summed E-state index contributed by atoms with van der Waals surface area (Å²) in [7, 11) is -3.68. The highest BCUT2D eigenvalue weighted by molar-refractivity contribution is 7.89. The van der Waals surface area contributed by atoms with Crippen molar-refractivity contribution >= 4 is 32.4 Å². The van der Waals surface area contributed by atoms with Gasteiger partial charge in [0.2, 0.25) is 15.9 Å². The molecule has 1 fully saturated rings. The van der Waals surface area contributed by atoms with Gasteiger partial charge in [0.15, 0.2) is 0 Å². The third kappa shape index (κ3) is 4.61. The topological polar surface area (TPSA) is 90.3 Å². The molecule has 0 bridgehead atoms. The lowest BCUT2D eigenvalue weighted by Crippen LogP contribution is -2.43. The van der Waals surface area contributed by atoms with E-state index in [1.807, 2.05) is 30.3 Å². The molecule has 1 amide bonds. The molecule has 158 valence electrons. The number of carbonyl (C=O) groups is 1. The summed E-state index contributed by atoms with van der Waals surface area (Å²) >= 11 is 0. The first-order valence-electron chi connectivity index (χ1n) is 10.2. The normalized spacial score (nSPS) is 17.2. The van der Waals surface area contributed by atoms with Gasteiger partial charge < -0.3 is 5.32 Å². The molecular weight excluding hydrogens is 410 g/mol. The van der Waals surface area contributed by atoms with Gasteiger partial charge in [0.05, 0.1) is 23.3 Å². The van der Waals surface area contributed by atoms with E-state index in [4.69, 9.17) is 5.26 Å². The molecule has 3 aromatic rings. The van der Waals surface area contributed by atoms with Crippen LogP contribution in [-0.4, -0.2) is 31.7 Å². The second kappa shape index (κ2) is 8.88. The SMILES string of the molecule is N#CCc1ccc(NC(=O)[C@@H]2CCCN(S(=O)(=O)c3ccc4ccccc4c3)C2)cc1. The van der Waals surface area contributed by atoms with Crippen LogP contribution < -0.4 is 5.32 Å². The molecule has 0 saturated carbocycles. The van der Waals surface area contributed by atoms with Gasteiger partial charge in [0, 0.05) is 18.8 Å². The lowest BCUT2D eigenvalue weighted by Gasteiger charge is -2.31. The zero-order valence-electron chi connectivity index (χ0n) is 17.0. The number of hydrogen-bond donors (Lipinski definition) is 1. The van der Waals surface area contributed by atoms with Crippen molar-refractivity contribution in [2.75, 3.05) is 18.4 Å². The quantitative estimate of drug-likeness (QED) is 0.660. The molecular formula is C24H23N3O3S. The summed E-state index contributed by atoms with van der Waals surface area (Å²) < 4.78 is 27.9. The molecule has 6 nitrogen and oxygen atoms in total. The molecule has 1 heterocycles. The molecule has 4 rings (SSSR count). The number of fused-ring (bicyclic) bond motifs is 1. The predicted molar refractivity (Wildman–Crippen MR) is 120 cm³/mol. The number of nitrogens with zero attached hydrogens (tertiary/aromatic N) is 2. The van der Waals surface area contributed by atoms with E-state index >= 15 is 0 Å². The van der Waals surface area contributed by atoms with Crippen LogP contribution in [0.25, 0.3) is 10.8 Å². The van der Waals surface area contributed by atoms with Crippen LogP contribution in [0.3, 0.4) is 0 Å². The number of nitrogens with one attached hydrogen (secondary N) is 1. The maximum atomic E-state index is 13.2. The number of piperidine rings is 1. The average Bonchev–Trinajstić information content (AvgIpc) is 2.80. The first-order valence-corrected chi connectivity index (χ1v) is 11.7. The van der Waals surface area contributed by atoms with E-state index in [9.17, 15) is 13.2 Å². The zero-order valence-corrected chi connectivity index (χ0v) is 17.8. The fourth-order valence-corrected chi connectivity index (χ4v) is 5.45. The fourth-order valence-electron chi connectivity index (χ4n) is 3.89. The maximum Gasteiger partial charge on any atom is 0.243 e. The molecule has 0 spiro atoms. The molecule has 3 aromatic carbocycles. The van der Waals surface area contributed by atoms with Crippen molar-refractivity contribution in [3.63, 3.8) is 0 Å². The van der Waals surface area contributed by atoms with E-state index in [1.54, 1.807) is 36.4 Å². The molecule has 1 atom stereocenters. The predicted octanol–water partition coefficient (Wildman–Crippen LogP) is 3.95. The summed E-state index contributed by atoms with van der Waals surface area (Å²) in [6.45, 7) is 0.565. The van der Waals surface area contributed by atoms with Gasteiger partial charge in [-0.3, -0.25) is 4.79 Å². The van der Waals surface area contributed by atoms with Gasteiger partial charge in [-0.2, -0.15) is 9.57 Å². The highest BCUT2D eigenvalue weighted by Gasteiger charge is 2.33. The van der Waals surface area contributed by atoms with E-state index in [0.717, 1.165) is 16.3 Å². The van der Waals surface area contributed by atoms with Crippen LogP contribution in [-0.2, 0) is 21.2 Å². The smallest absolute Gasteiger partial charge is 0.243 e. The van der Waals surface area contributed by atoms with Gasteiger partial charge in [0.1, 0.15) is 0 Å². The minimum Gasteiger partial charge on any atom is -0.326 e. The van der Waals surface area contributed by atoms with Gasteiger partial charge in [-0.15, -0.1) is 0 Å². The summed E-state index contributed by atoms with van der Waals surface area (Å²) in [4.78, 5) is 13.0. The number of amides is 1. The largest absolute Gasteiger partial charge is 0.326 e. The Bertz CT molecular complexity index is 1250. The minimum atomic E-state index is -3.68. The van der Waals surface area contributed by atoms with Crippen molar-refractivity contribution in [3.05, 3.63) is 72.3 Å². The van der Waals surface area contributed by atoms with Crippen molar-refractivity contribution in [1.29, 1.82) is 5.26 Å². The number of anilines is 1. The molecule has 0 radical (unpaired) electrons. The third-order valence-corrected chi connectivity index (χ3v) is 7.48. The number of benzene rings is 3. The van der Waals surface area contributed by atoms with Gasteiger partial charge in [-0.25, -0.2) is 8.42 Å². The van der Waals surface area contributed by atoms with Crippen LogP contribution in [0.1, 0.15) is 18.4 Å². The fraction of sp³-hybridized carbons (Fsp3) is 0.250. The Balaban J connectivity index is 1.47. The maximum absolute atomic E-state index is 13.2. The summed E-state index contributed by atoms with van der Waals surface area (Å²) in [6.07, 6.45) is 1.59. The lowest BCUT2D eigenvalue weighted by atomic mass is 9.98. The summed E-state index contributed by atoms with van der Waals surface area (Å²) in [6, 6.07) is 22.0. The molecule has 0 aromatic heterocycles. The third-order valence-electron chi connectivity index (χ3n) is 5.62. The van der Waals surface area contributed by atoms with E-state index < -0.39 is 15.9 Å². The Hall–Kier alpha value is -3.21. The van der Waals surface area contributed by atoms with Crippen LogP contribution >= 0.6 is 0 Å². The summed E-state index contributed by atoms with van der Waals surface area (Å²) in [5.41, 5.74) is 1.52. The van der Waals surface area contributed by atoms with E-state index in [-0.39, 0.29) is 17.3 Å². The zero-order chi connectivity index (χ0) is 21.8. The molecule has 1 aliphatic rings. The standard InChI is InChI=1S/C24H23N3O3S/c25-14-13-18-7-10-22(11-8-18)26-24(28)21-6-3-15-27(17-21)31(29,30)23-12-9-19-4-1-2-5-20(19)16-23/h1-2,4-5,7-12,16,21H,3,6,13,15,17H2,(H,26,28)/t21-/m1/s1. The van der Waals surface area contributed by atoms with Crippen LogP contribution in [0.15, 0.2) is 71.6 Å². The number of nitriles is 1. The molecule has 1 N–H and O–H groups in total. The molecule has 1 saturated heterocycles. The lowest BCUT2D eigenvalue weighted by molar-refractivity contribution is -0.120. The Morgan fingerprint density at radius 3 is 2.55 bits per heavy atom. The Morgan fingerprint density at radius 2 is 1.81 bits per heavy atom. The highest BCUT2D eigenvalue weighted by atomic mass is 32.2. The Morgan fingerprint density at radius 1 is 1.06 bits per heavy atom. The second-order valence-electron chi connectivity index (χ2n) is 7.73. The van der Waals surface area contributed by atoms with E-state index in [1.165, 1.54) is 4.31 Å². The highest BCUT2D eigenvalue weighted by Crippen LogP contribution is 2.27. The van der Waals surface area contributed by atoms with Crippen molar-refractivity contribution < 1.29 is 13.2 Å². The summed E-state index contributed by atoms with van der Waals surface area (Å²) in [5, 5.41) is 13.5. The van der Waals surface area contributed by atoms with Crippen LogP contribution in [0, 0.1) is 17.2 Å². The monoisotopic (exact) mass is 433 g/mol. The van der Waals surface area contributed by atoms with Gasteiger partial charge in [-0.05, 0) is 53.4 Å². The van der Waals surface area contributed by atoms with Crippen molar-refractivity contribution in [3.8, 4) is 6.07 Å². The average molecular weight is 434 g/mol. The Labute approximate surface area is 182 Å². The Kier molecular flexibility index (Phi) is 6.03. The van der Waals surface area contributed by atoms with Gasteiger partial charge >= 0.3 is 0 Å². The number of hydrogen-bond acceptors (Lipinski definition) is 4. The van der Waals surface area contributed by atoms with E-state index in [0.29, 0.717) is 31.5 Å². The molecule has 0 unspecified atom stereocenters. The van der Waals surface area contributed by atoms with Crippen molar-refractivity contribution in [1.82, 2.24) is 4.31 Å². The van der Waals surface area contributed by atoms with E-state index in [2.05, 4.69) is 11.4 Å². The van der Waals surface area contributed by atoms with Gasteiger partial charge in [0.25, 0.3) is 0 Å². The number of rotatable bonds is 5. The molecule has 31 heavy (non-hydrogen) atoms.